The van der Waals surface area contributed by atoms with Crippen molar-refractivity contribution in [3.8, 4) is 5.75 Å². The predicted molar refractivity (Wildman–Crippen MR) is 103 cm³/mol. The summed E-state index contributed by atoms with van der Waals surface area (Å²) in [6, 6.07) is 5.67. The van der Waals surface area contributed by atoms with Gasteiger partial charge in [-0.05, 0) is 55.7 Å². The van der Waals surface area contributed by atoms with Crippen LogP contribution in [0.2, 0.25) is 0 Å². The van der Waals surface area contributed by atoms with Crippen molar-refractivity contribution in [2.45, 2.75) is 39.0 Å². The van der Waals surface area contributed by atoms with E-state index >= 15 is 0 Å². The summed E-state index contributed by atoms with van der Waals surface area (Å²) in [5.41, 5.74) is 1.79. The molecule has 0 unspecified atom stereocenters. The number of hydrogen-bond acceptors (Lipinski definition) is 4. The number of rotatable bonds is 5. The Balaban J connectivity index is 1.64. The fraction of sp³-hybridized carbons (Fsp3) is 0.619. The zero-order valence-corrected chi connectivity index (χ0v) is 16.4. The predicted octanol–water partition coefficient (Wildman–Crippen LogP) is 2.23. The van der Waals surface area contributed by atoms with Crippen LogP contribution in [-0.2, 0) is 4.79 Å². The van der Waals surface area contributed by atoms with Gasteiger partial charge >= 0.3 is 0 Å². The first-order valence-corrected chi connectivity index (χ1v) is 9.80. The molecule has 2 aliphatic rings. The molecule has 0 atom stereocenters. The molecule has 0 aromatic heterocycles. The van der Waals surface area contributed by atoms with E-state index in [1.54, 1.807) is 7.11 Å². The van der Waals surface area contributed by atoms with Gasteiger partial charge < -0.3 is 19.6 Å². The van der Waals surface area contributed by atoms with Crippen molar-refractivity contribution in [1.29, 1.82) is 0 Å². The second-order valence-corrected chi connectivity index (χ2v) is 7.89. The highest BCUT2D eigenvalue weighted by atomic mass is 16.5. The van der Waals surface area contributed by atoms with E-state index in [0.29, 0.717) is 43.8 Å². The lowest BCUT2D eigenvalue weighted by molar-refractivity contribution is -0.139. The summed E-state index contributed by atoms with van der Waals surface area (Å²) in [6.07, 6.45) is 3.92. The van der Waals surface area contributed by atoms with Crippen LogP contribution in [0.1, 0.15) is 48.0 Å². The molecule has 6 heteroatoms. The highest BCUT2D eigenvalue weighted by molar-refractivity contribution is 5.97. The van der Waals surface area contributed by atoms with Crippen LogP contribution in [0.5, 0.6) is 5.75 Å². The SMILES string of the molecule is COc1cc(C)ccc1C(=O)N1CCC2(CCC(=O)N(CCCO)C2)CC1. The number of amides is 2. The quantitative estimate of drug-likeness (QED) is 0.858. The first kappa shape index (κ1) is 19.7. The Bertz CT molecular complexity index is 695. The molecule has 148 valence electrons. The highest BCUT2D eigenvalue weighted by Gasteiger charge is 2.41. The van der Waals surface area contributed by atoms with Gasteiger partial charge in [-0.15, -0.1) is 0 Å². The van der Waals surface area contributed by atoms with E-state index in [9.17, 15) is 9.59 Å². The van der Waals surface area contributed by atoms with Crippen molar-refractivity contribution < 1.29 is 19.4 Å². The fourth-order valence-electron chi connectivity index (χ4n) is 4.31. The largest absolute Gasteiger partial charge is 0.496 e. The number of aliphatic hydroxyl groups is 1. The molecule has 0 aliphatic carbocycles. The Morgan fingerprint density at radius 2 is 2.00 bits per heavy atom. The Morgan fingerprint density at radius 3 is 2.67 bits per heavy atom. The van der Waals surface area contributed by atoms with E-state index in [-0.39, 0.29) is 23.8 Å². The van der Waals surface area contributed by atoms with Crippen LogP contribution in [0.15, 0.2) is 18.2 Å². The molecule has 2 fully saturated rings. The molecule has 0 saturated carbocycles. The molecule has 1 N–H and O–H groups in total. The van der Waals surface area contributed by atoms with Crippen LogP contribution in [0.25, 0.3) is 0 Å². The van der Waals surface area contributed by atoms with Gasteiger partial charge in [0, 0.05) is 39.2 Å². The summed E-state index contributed by atoms with van der Waals surface area (Å²) in [6.45, 7) is 4.88. The van der Waals surface area contributed by atoms with Gasteiger partial charge in [0.25, 0.3) is 5.91 Å². The average molecular weight is 374 g/mol. The molecule has 1 spiro atoms. The van der Waals surface area contributed by atoms with Crippen LogP contribution in [0.4, 0.5) is 0 Å². The Hall–Kier alpha value is -2.08. The van der Waals surface area contributed by atoms with Gasteiger partial charge in [0.1, 0.15) is 5.75 Å². The van der Waals surface area contributed by atoms with Crippen molar-refractivity contribution >= 4 is 11.8 Å². The lowest BCUT2D eigenvalue weighted by Gasteiger charge is -2.47. The molecule has 1 aromatic carbocycles. The van der Waals surface area contributed by atoms with Crippen molar-refractivity contribution in [3.05, 3.63) is 29.3 Å². The third kappa shape index (κ3) is 4.26. The maximum absolute atomic E-state index is 13.0. The Kier molecular flexibility index (Phi) is 6.05. The molecule has 6 nitrogen and oxygen atoms in total. The number of piperidine rings is 2. The Morgan fingerprint density at radius 1 is 1.26 bits per heavy atom. The van der Waals surface area contributed by atoms with Crippen LogP contribution in [0.3, 0.4) is 0 Å². The highest BCUT2D eigenvalue weighted by Crippen LogP contribution is 2.40. The molecule has 0 radical (unpaired) electrons. The number of aryl methyl sites for hydroxylation is 1. The molecule has 2 saturated heterocycles. The van der Waals surface area contributed by atoms with Crippen molar-refractivity contribution in [1.82, 2.24) is 9.80 Å². The van der Waals surface area contributed by atoms with Gasteiger partial charge in [-0.2, -0.15) is 0 Å². The lowest BCUT2D eigenvalue weighted by atomic mass is 9.72. The van der Waals surface area contributed by atoms with Gasteiger partial charge in [0.05, 0.1) is 12.7 Å². The molecule has 3 rings (SSSR count). The summed E-state index contributed by atoms with van der Waals surface area (Å²) in [5, 5.41) is 9.06. The second kappa shape index (κ2) is 8.30. The third-order valence-electron chi connectivity index (χ3n) is 6.03. The van der Waals surface area contributed by atoms with Crippen LogP contribution >= 0.6 is 0 Å². The molecule has 1 aromatic rings. The van der Waals surface area contributed by atoms with Crippen molar-refractivity contribution in [2.24, 2.45) is 5.41 Å². The van der Waals surface area contributed by atoms with E-state index in [1.165, 1.54) is 0 Å². The van der Waals surface area contributed by atoms with E-state index in [1.807, 2.05) is 34.9 Å². The molecular weight excluding hydrogens is 344 g/mol. The van der Waals surface area contributed by atoms with Gasteiger partial charge in [-0.1, -0.05) is 6.07 Å². The zero-order valence-electron chi connectivity index (χ0n) is 16.4. The number of ether oxygens (including phenoxy) is 1. The zero-order chi connectivity index (χ0) is 19.4. The first-order chi connectivity index (χ1) is 13.0. The first-order valence-electron chi connectivity index (χ1n) is 9.80. The minimum Gasteiger partial charge on any atom is -0.496 e. The van der Waals surface area contributed by atoms with E-state index in [4.69, 9.17) is 9.84 Å². The topological polar surface area (TPSA) is 70.1 Å². The maximum Gasteiger partial charge on any atom is 0.257 e. The fourth-order valence-corrected chi connectivity index (χ4v) is 4.31. The Labute approximate surface area is 161 Å². The molecule has 27 heavy (non-hydrogen) atoms. The molecule has 0 bridgehead atoms. The normalized spacial score (nSPS) is 19.4. The van der Waals surface area contributed by atoms with Crippen LogP contribution in [-0.4, -0.2) is 66.6 Å². The number of nitrogens with zero attached hydrogens (tertiary/aromatic N) is 2. The molecule has 2 amide bonds. The molecular formula is C21H30N2O4. The van der Waals surface area contributed by atoms with Crippen molar-refractivity contribution in [3.63, 3.8) is 0 Å². The average Bonchev–Trinajstić information content (AvgIpc) is 2.69. The number of hydrogen-bond donors (Lipinski definition) is 1. The number of benzene rings is 1. The lowest BCUT2D eigenvalue weighted by Crippen LogP contribution is -2.52. The summed E-state index contributed by atoms with van der Waals surface area (Å²) in [5.74, 6) is 0.835. The number of likely N-dealkylation sites (tertiary alicyclic amines) is 2. The monoisotopic (exact) mass is 374 g/mol. The van der Waals surface area contributed by atoms with Gasteiger partial charge in [0.2, 0.25) is 5.91 Å². The maximum atomic E-state index is 13.0. The van der Waals surface area contributed by atoms with Gasteiger partial charge in [-0.25, -0.2) is 0 Å². The number of carbonyl (C=O) groups excluding carboxylic acids is 2. The number of carbonyl (C=O) groups is 2. The minimum absolute atomic E-state index is 0.0192. The van der Waals surface area contributed by atoms with Gasteiger partial charge in [-0.3, -0.25) is 9.59 Å². The summed E-state index contributed by atoms with van der Waals surface area (Å²) >= 11 is 0. The molecule has 2 heterocycles. The van der Waals surface area contributed by atoms with E-state index in [0.717, 1.165) is 31.4 Å². The minimum atomic E-state index is 0.0192. The van der Waals surface area contributed by atoms with E-state index < -0.39 is 0 Å². The summed E-state index contributed by atoms with van der Waals surface area (Å²) in [7, 11) is 1.59. The van der Waals surface area contributed by atoms with Crippen molar-refractivity contribution in [2.75, 3.05) is 39.9 Å². The van der Waals surface area contributed by atoms with Crippen LogP contribution in [0, 0.1) is 12.3 Å². The smallest absolute Gasteiger partial charge is 0.257 e. The third-order valence-corrected chi connectivity index (χ3v) is 6.03. The summed E-state index contributed by atoms with van der Waals surface area (Å²) in [4.78, 5) is 28.9. The van der Waals surface area contributed by atoms with E-state index in [2.05, 4.69) is 0 Å². The molecule has 2 aliphatic heterocycles. The summed E-state index contributed by atoms with van der Waals surface area (Å²) < 4.78 is 5.40. The number of aliphatic hydroxyl groups excluding tert-OH is 1. The number of methoxy groups -OCH3 is 1. The van der Waals surface area contributed by atoms with Crippen LogP contribution < -0.4 is 4.74 Å². The second-order valence-electron chi connectivity index (χ2n) is 7.89. The standard InChI is InChI=1S/C21H30N2O4/c1-16-4-5-17(18(14-16)27-2)20(26)22-11-8-21(9-12-22)7-6-19(25)23(15-21)10-3-13-24/h4-5,14,24H,3,6-13,15H2,1-2H3. The van der Waals surface area contributed by atoms with Gasteiger partial charge in [0.15, 0.2) is 0 Å².